The summed E-state index contributed by atoms with van der Waals surface area (Å²) >= 11 is 0. The Labute approximate surface area is 164 Å². The second kappa shape index (κ2) is 7.73. The second-order valence-corrected chi connectivity index (χ2v) is 8.88. The van der Waals surface area contributed by atoms with Gasteiger partial charge in [0.05, 0.1) is 10.5 Å². The zero-order valence-corrected chi connectivity index (χ0v) is 16.8. The van der Waals surface area contributed by atoms with Gasteiger partial charge < -0.3 is 9.64 Å². The number of para-hydroxylation sites is 1. The fraction of sp³-hybridized carbons (Fsp3) is 0.300. The van der Waals surface area contributed by atoms with Gasteiger partial charge in [-0.3, -0.25) is 4.79 Å². The Morgan fingerprint density at radius 1 is 1.11 bits per heavy atom. The Morgan fingerprint density at radius 2 is 1.82 bits per heavy atom. The quantitative estimate of drug-likeness (QED) is 0.715. The molecule has 0 saturated carbocycles. The van der Waals surface area contributed by atoms with Crippen LogP contribution in [0.4, 0.5) is 5.69 Å². The zero-order chi connectivity index (χ0) is 20.5. The third-order valence-electron chi connectivity index (χ3n) is 4.63. The van der Waals surface area contributed by atoms with Gasteiger partial charge in [-0.25, -0.2) is 17.5 Å². The molecule has 148 valence electrons. The van der Waals surface area contributed by atoms with E-state index in [0.29, 0.717) is 6.54 Å². The van der Waals surface area contributed by atoms with Gasteiger partial charge in [0.15, 0.2) is 6.10 Å². The molecular formula is C20H22N2O5S. The lowest BCUT2D eigenvalue weighted by molar-refractivity contribution is -0.126. The number of hydrogen-bond donors (Lipinski definition) is 0. The Hall–Kier alpha value is -2.71. The molecule has 1 aliphatic heterocycles. The van der Waals surface area contributed by atoms with Gasteiger partial charge in [-0.15, -0.1) is 0 Å². The number of amides is 1. The number of nitrogens with zero attached hydrogens (tertiary/aromatic N) is 2. The van der Waals surface area contributed by atoms with E-state index in [-0.39, 0.29) is 16.4 Å². The van der Waals surface area contributed by atoms with Gasteiger partial charge in [0.25, 0.3) is 5.91 Å². The van der Waals surface area contributed by atoms with Crippen LogP contribution in [-0.2, 0) is 26.0 Å². The van der Waals surface area contributed by atoms with E-state index in [9.17, 15) is 18.0 Å². The predicted molar refractivity (Wildman–Crippen MR) is 105 cm³/mol. The van der Waals surface area contributed by atoms with E-state index in [0.717, 1.165) is 22.0 Å². The van der Waals surface area contributed by atoms with Crippen LogP contribution < -0.4 is 4.90 Å². The molecule has 0 aromatic heterocycles. The highest BCUT2D eigenvalue weighted by Crippen LogP contribution is 2.28. The highest BCUT2D eigenvalue weighted by Gasteiger charge is 2.30. The summed E-state index contributed by atoms with van der Waals surface area (Å²) in [4.78, 5) is 26.8. The van der Waals surface area contributed by atoms with Gasteiger partial charge in [0.1, 0.15) is 0 Å². The fourth-order valence-electron chi connectivity index (χ4n) is 3.06. The van der Waals surface area contributed by atoms with Crippen molar-refractivity contribution in [1.82, 2.24) is 4.31 Å². The van der Waals surface area contributed by atoms with Gasteiger partial charge in [0.2, 0.25) is 10.0 Å². The Balaban J connectivity index is 1.74. The molecule has 1 atom stereocenters. The molecule has 1 heterocycles. The lowest BCUT2D eigenvalue weighted by Gasteiger charge is -2.21. The third-order valence-corrected chi connectivity index (χ3v) is 6.44. The minimum Gasteiger partial charge on any atom is -0.449 e. The van der Waals surface area contributed by atoms with Crippen molar-refractivity contribution in [3.8, 4) is 0 Å². The van der Waals surface area contributed by atoms with E-state index in [1.807, 2.05) is 24.3 Å². The van der Waals surface area contributed by atoms with Crippen LogP contribution in [0.5, 0.6) is 0 Å². The first-order chi connectivity index (χ1) is 13.2. The SMILES string of the molecule is CC(OC(=O)c1cccc(S(=O)(=O)N(C)C)c1)C(=O)N1CCc2ccccc21. The van der Waals surface area contributed by atoms with Gasteiger partial charge >= 0.3 is 5.97 Å². The normalized spacial score (nSPS) is 14.6. The molecule has 0 fully saturated rings. The molecule has 28 heavy (non-hydrogen) atoms. The van der Waals surface area contributed by atoms with Crippen LogP contribution in [0, 0.1) is 0 Å². The van der Waals surface area contributed by atoms with Crippen LogP contribution in [-0.4, -0.2) is 51.3 Å². The zero-order valence-electron chi connectivity index (χ0n) is 16.0. The molecule has 8 heteroatoms. The number of anilines is 1. The van der Waals surface area contributed by atoms with Crippen molar-refractivity contribution in [2.24, 2.45) is 0 Å². The molecule has 7 nitrogen and oxygen atoms in total. The Kier molecular flexibility index (Phi) is 5.53. The van der Waals surface area contributed by atoms with E-state index in [4.69, 9.17) is 4.74 Å². The minimum atomic E-state index is -3.67. The van der Waals surface area contributed by atoms with E-state index >= 15 is 0 Å². The van der Waals surface area contributed by atoms with Crippen molar-refractivity contribution in [2.75, 3.05) is 25.5 Å². The molecule has 0 aliphatic carbocycles. The topological polar surface area (TPSA) is 84.0 Å². The maximum Gasteiger partial charge on any atom is 0.338 e. The summed E-state index contributed by atoms with van der Waals surface area (Å²) < 4.78 is 30.9. The molecule has 3 rings (SSSR count). The van der Waals surface area contributed by atoms with Crippen molar-refractivity contribution in [3.63, 3.8) is 0 Å². The van der Waals surface area contributed by atoms with Gasteiger partial charge in [-0.05, 0) is 43.2 Å². The summed E-state index contributed by atoms with van der Waals surface area (Å²) in [5.74, 6) is -1.06. The van der Waals surface area contributed by atoms with Crippen LogP contribution in [0.3, 0.4) is 0 Å². The van der Waals surface area contributed by atoms with Crippen molar-refractivity contribution in [3.05, 3.63) is 59.7 Å². The maximum atomic E-state index is 12.7. The summed E-state index contributed by atoms with van der Waals surface area (Å²) in [7, 11) is -0.851. The molecule has 0 spiro atoms. The standard InChI is InChI=1S/C20H22N2O5S/c1-14(19(23)22-12-11-15-7-4-5-10-18(15)22)27-20(24)16-8-6-9-17(13-16)28(25,26)21(2)3/h4-10,13-14H,11-12H2,1-3H3. The molecule has 0 N–H and O–H groups in total. The van der Waals surface area contributed by atoms with Crippen LogP contribution in [0.1, 0.15) is 22.8 Å². The summed E-state index contributed by atoms with van der Waals surface area (Å²) in [5.41, 5.74) is 1.98. The number of esters is 1. The van der Waals surface area contributed by atoms with Crippen LogP contribution >= 0.6 is 0 Å². The number of sulfonamides is 1. The average molecular weight is 402 g/mol. The highest BCUT2D eigenvalue weighted by molar-refractivity contribution is 7.89. The summed E-state index contributed by atoms with van der Waals surface area (Å²) in [6.07, 6.45) is -0.236. The number of rotatable bonds is 5. The van der Waals surface area contributed by atoms with E-state index in [1.165, 1.54) is 45.3 Å². The highest BCUT2D eigenvalue weighted by atomic mass is 32.2. The molecular weight excluding hydrogens is 380 g/mol. The van der Waals surface area contributed by atoms with Gasteiger partial charge in [0, 0.05) is 26.3 Å². The van der Waals surface area contributed by atoms with Crippen molar-refractivity contribution >= 4 is 27.6 Å². The molecule has 0 radical (unpaired) electrons. The van der Waals surface area contributed by atoms with Crippen molar-refractivity contribution in [2.45, 2.75) is 24.3 Å². The Bertz CT molecular complexity index is 1020. The van der Waals surface area contributed by atoms with Gasteiger partial charge in [-0.2, -0.15) is 0 Å². The lowest BCUT2D eigenvalue weighted by Crippen LogP contribution is -2.39. The predicted octanol–water partition coefficient (Wildman–Crippen LogP) is 2.07. The maximum absolute atomic E-state index is 12.7. The third kappa shape index (κ3) is 3.79. The first-order valence-electron chi connectivity index (χ1n) is 8.84. The van der Waals surface area contributed by atoms with Crippen molar-refractivity contribution < 1.29 is 22.7 Å². The van der Waals surface area contributed by atoms with Crippen molar-refractivity contribution in [1.29, 1.82) is 0 Å². The number of ether oxygens (including phenoxy) is 1. The molecule has 0 saturated heterocycles. The first kappa shape index (κ1) is 20.0. The summed E-state index contributed by atoms with van der Waals surface area (Å²) in [5, 5.41) is 0. The first-order valence-corrected chi connectivity index (χ1v) is 10.3. The summed E-state index contributed by atoms with van der Waals surface area (Å²) in [6, 6.07) is 13.2. The molecule has 1 unspecified atom stereocenters. The van der Waals surface area contributed by atoms with E-state index in [1.54, 1.807) is 4.90 Å². The van der Waals surface area contributed by atoms with E-state index in [2.05, 4.69) is 0 Å². The van der Waals surface area contributed by atoms with Crippen LogP contribution in [0.2, 0.25) is 0 Å². The van der Waals surface area contributed by atoms with Crippen LogP contribution in [0.25, 0.3) is 0 Å². The van der Waals surface area contributed by atoms with Crippen LogP contribution in [0.15, 0.2) is 53.4 Å². The molecule has 1 aliphatic rings. The number of carbonyl (C=O) groups excluding carboxylic acids is 2. The number of fused-ring (bicyclic) bond motifs is 1. The molecule has 0 bridgehead atoms. The number of benzene rings is 2. The fourth-order valence-corrected chi connectivity index (χ4v) is 4.01. The van der Waals surface area contributed by atoms with E-state index < -0.39 is 22.1 Å². The largest absolute Gasteiger partial charge is 0.449 e. The molecule has 2 aromatic carbocycles. The second-order valence-electron chi connectivity index (χ2n) is 6.73. The lowest BCUT2D eigenvalue weighted by atomic mass is 10.2. The number of carbonyl (C=O) groups is 2. The van der Waals surface area contributed by atoms with Gasteiger partial charge in [-0.1, -0.05) is 24.3 Å². The summed E-state index contributed by atoms with van der Waals surface area (Å²) in [6.45, 7) is 2.05. The Morgan fingerprint density at radius 3 is 2.54 bits per heavy atom. The molecule has 2 aromatic rings. The number of hydrogen-bond acceptors (Lipinski definition) is 5. The molecule has 1 amide bonds. The smallest absolute Gasteiger partial charge is 0.338 e. The average Bonchev–Trinajstić information content (AvgIpc) is 3.11. The monoisotopic (exact) mass is 402 g/mol. The minimum absolute atomic E-state index is 0.0144.